The number of nitrogens with zero attached hydrogens (tertiary/aromatic N) is 2. The van der Waals surface area contributed by atoms with Crippen molar-refractivity contribution in [1.29, 1.82) is 0 Å². The Morgan fingerprint density at radius 1 is 0.424 bits per heavy atom. The van der Waals surface area contributed by atoms with Crippen molar-refractivity contribution in [3.8, 4) is 39.1 Å². The largest absolute Gasteiger partial charge is 0.455 e. The molecule has 0 amide bonds. The summed E-state index contributed by atoms with van der Waals surface area (Å²) in [5, 5.41) is 4.68. The van der Waals surface area contributed by atoms with Crippen LogP contribution in [0.15, 0.2) is 211 Å². The van der Waals surface area contributed by atoms with E-state index in [0.717, 1.165) is 55.8 Å². The summed E-state index contributed by atoms with van der Waals surface area (Å²) in [5.41, 5.74) is 18.0. The number of furan rings is 1. The molecule has 0 saturated carbocycles. The predicted octanol–water partition coefficient (Wildman–Crippen LogP) is 15.8. The number of anilines is 3. The Labute approximate surface area is 343 Å². The molecule has 11 aromatic rings. The zero-order valence-electron chi connectivity index (χ0n) is 32.9. The molecule has 2 aromatic heterocycles. The molecule has 0 aliphatic heterocycles. The average Bonchev–Trinajstić information content (AvgIpc) is 3.84. The summed E-state index contributed by atoms with van der Waals surface area (Å²) in [4.78, 5) is 2.41. The topological polar surface area (TPSA) is 21.3 Å². The van der Waals surface area contributed by atoms with Crippen LogP contribution in [0.2, 0.25) is 0 Å². The first-order valence-corrected chi connectivity index (χ1v) is 20.3. The summed E-state index contributed by atoms with van der Waals surface area (Å²) < 4.78 is 9.25. The highest BCUT2D eigenvalue weighted by Gasteiger charge is 2.24. The molecule has 280 valence electrons. The fourth-order valence-corrected chi connectivity index (χ4v) is 9.21. The summed E-state index contributed by atoms with van der Waals surface area (Å²) in [7, 11) is 0. The summed E-state index contributed by atoms with van der Waals surface area (Å²) in [6.07, 6.45) is 0. The Balaban J connectivity index is 1.09. The maximum absolute atomic E-state index is 6.89. The lowest BCUT2D eigenvalue weighted by Crippen LogP contribution is -2.11. The number of aryl methyl sites for hydroxylation is 2. The van der Waals surface area contributed by atoms with Crippen molar-refractivity contribution in [2.24, 2.45) is 0 Å². The van der Waals surface area contributed by atoms with Crippen molar-refractivity contribution in [2.45, 2.75) is 13.8 Å². The molecule has 3 nitrogen and oxygen atoms in total. The van der Waals surface area contributed by atoms with Gasteiger partial charge in [0.15, 0.2) is 0 Å². The highest BCUT2D eigenvalue weighted by Crippen LogP contribution is 2.47. The normalized spacial score (nSPS) is 11.6. The van der Waals surface area contributed by atoms with E-state index in [9.17, 15) is 0 Å². The summed E-state index contributed by atoms with van der Waals surface area (Å²) in [5.74, 6) is 0. The smallest absolute Gasteiger partial charge is 0.145 e. The van der Waals surface area contributed by atoms with Gasteiger partial charge in [-0.25, -0.2) is 0 Å². The van der Waals surface area contributed by atoms with Crippen LogP contribution in [-0.2, 0) is 0 Å². The number of benzene rings is 9. The van der Waals surface area contributed by atoms with Crippen molar-refractivity contribution < 1.29 is 4.42 Å². The van der Waals surface area contributed by atoms with E-state index in [2.05, 4.69) is 230 Å². The highest BCUT2D eigenvalue weighted by atomic mass is 16.3. The molecule has 2 heterocycles. The molecule has 0 N–H and O–H groups in total. The second kappa shape index (κ2) is 14.1. The van der Waals surface area contributed by atoms with Gasteiger partial charge in [0.05, 0.1) is 22.1 Å². The Kier molecular flexibility index (Phi) is 8.27. The molecule has 0 aliphatic rings. The van der Waals surface area contributed by atoms with Crippen LogP contribution in [-0.4, -0.2) is 4.57 Å². The van der Waals surface area contributed by atoms with Gasteiger partial charge in [-0.05, 0) is 120 Å². The van der Waals surface area contributed by atoms with E-state index in [-0.39, 0.29) is 0 Å². The van der Waals surface area contributed by atoms with Gasteiger partial charge in [0.2, 0.25) is 0 Å². The van der Waals surface area contributed by atoms with E-state index in [1.54, 1.807) is 0 Å². The minimum Gasteiger partial charge on any atom is -0.455 e. The van der Waals surface area contributed by atoms with Gasteiger partial charge in [-0.1, -0.05) is 140 Å². The fraction of sp³-hybridized carbons (Fsp3) is 0.0357. The average molecular weight is 757 g/mol. The van der Waals surface area contributed by atoms with Gasteiger partial charge in [-0.15, -0.1) is 0 Å². The molecule has 0 radical (unpaired) electrons. The number of aromatic nitrogens is 1. The lowest BCUT2D eigenvalue weighted by atomic mass is 9.94. The van der Waals surface area contributed by atoms with Gasteiger partial charge < -0.3 is 13.9 Å². The Morgan fingerprint density at radius 2 is 0.949 bits per heavy atom. The number of hydrogen-bond donors (Lipinski definition) is 0. The van der Waals surface area contributed by atoms with Crippen LogP contribution in [0.3, 0.4) is 0 Å². The van der Waals surface area contributed by atoms with Crippen molar-refractivity contribution in [2.75, 3.05) is 4.90 Å². The zero-order chi connectivity index (χ0) is 39.5. The Hall–Kier alpha value is -7.62. The lowest BCUT2D eigenvalue weighted by Gasteiger charge is -2.28. The Morgan fingerprint density at radius 3 is 1.59 bits per heavy atom. The van der Waals surface area contributed by atoms with E-state index in [1.807, 2.05) is 0 Å². The molecule has 3 heteroatoms. The van der Waals surface area contributed by atoms with E-state index in [1.165, 1.54) is 55.2 Å². The first kappa shape index (κ1) is 34.6. The third-order valence-corrected chi connectivity index (χ3v) is 11.8. The third kappa shape index (κ3) is 5.82. The van der Waals surface area contributed by atoms with Crippen molar-refractivity contribution >= 4 is 60.8 Å². The molecule has 59 heavy (non-hydrogen) atoms. The first-order valence-electron chi connectivity index (χ1n) is 20.3. The van der Waals surface area contributed by atoms with E-state index in [4.69, 9.17) is 4.42 Å². The first-order chi connectivity index (χ1) is 29.1. The van der Waals surface area contributed by atoms with Crippen molar-refractivity contribution in [3.05, 3.63) is 217 Å². The lowest BCUT2D eigenvalue weighted by molar-refractivity contribution is 0.670. The second-order valence-corrected chi connectivity index (χ2v) is 15.4. The molecular weight excluding hydrogens is 717 g/mol. The van der Waals surface area contributed by atoms with Crippen LogP contribution >= 0.6 is 0 Å². The van der Waals surface area contributed by atoms with Gasteiger partial charge in [0.1, 0.15) is 11.2 Å². The van der Waals surface area contributed by atoms with Crippen molar-refractivity contribution in [3.63, 3.8) is 0 Å². The minimum absolute atomic E-state index is 0.865. The zero-order valence-corrected chi connectivity index (χ0v) is 32.9. The SMILES string of the molecule is Cc1cc(N(c2ccc(-c3ccccc3)cc2)c2ccc(-c3ccc(-n4c5ccccc5c5ccccc54)cc3)c3oc4ccccc4c23)cc(C)c1-c1ccccc1. The number of para-hydroxylation sites is 3. The molecule has 0 saturated heterocycles. The number of fused-ring (bicyclic) bond motifs is 6. The second-order valence-electron chi connectivity index (χ2n) is 15.4. The third-order valence-electron chi connectivity index (χ3n) is 11.8. The van der Waals surface area contributed by atoms with E-state index < -0.39 is 0 Å². The molecule has 0 aliphatic carbocycles. The molecule has 0 bridgehead atoms. The van der Waals surface area contributed by atoms with Crippen molar-refractivity contribution in [1.82, 2.24) is 4.57 Å². The number of hydrogen-bond acceptors (Lipinski definition) is 2. The van der Waals surface area contributed by atoms with Gasteiger partial charge in [-0.3, -0.25) is 0 Å². The Bertz CT molecular complexity index is 3240. The standard InChI is InChI=1S/C56H40N2O/c1-37-35-45(36-38(2)54(37)42-17-7-4-8-18-42)57(43-29-25-40(26-30-43)39-15-5-3-6-16-39)52-34-33-46(56-55(52)49-21-11-14-24-53(49)59-56)41-27-31-44(32-28-41)58-50-22-12-9-19-47(50)48-20-10-13-23-51(48)58/h3-36H,1-2H3. The van der Waals surface area contributed by atoms with Crippen LogP contribution in [0.25, 0.3) is 82.8 Å². The molecule has 9 aromatic carbocycles. The molecule has 0 fully saturated rings. The highest BCUT2D eigenvalue weighted by molar-refractivity contribution is 6.17. The van der Waals surface area contributed by atoms with E-state index in [0.29, 0.717) is 0 Å². The van der Waals surface area contributed by atoms with Crippen LogP contribution in [0.4, 0.5) is 17.1 Å². The van der Waals surface area contributed by atoms with Crippen LogP contribution in [0.5, 0.6) is 0 Å². The minimum atomic E-state index is 0.865. The molecule has 0 atom stereocenters. The molecule has 11 rings (SSSR count). The van der Waals surface area contributed by atoms with Crippen LogP contribution < -0.4 is 4.90 Å². The summed E-state index contributed by atoms with van der Waals surface area (Å²) in [6, 6.07) is 74.1. The quantitative estimate of drug-likeness (QED) is 0.161. The molecule has 0 spiro atoms. The maximum Gasteiger partial charge on any atom is 0.145 e. The summed E-state index contributed by atoms with van der Waals surface area (Å²) in [6.45, 7) is 4.45. The maximum atomic E-state index is 6.89. The van der Waals surface area contributed by atoms with Crippen LogP contribution in [0.1, 0.15) is 11.1 Å². The van der Waals surface area contributed by atoms with E-state index >= 15 is 0 Å². The van der Waals surface area contributed by atoms with Gasteiger partial charge in [0, 0.05) is 38.8 Å². The fourth-order valence-electron chi connectivity index (χ4n) is 9.21. The van der Waals surface area contributed by atoms with Gasteiger partial charge >= 0.3 is 0 Å². The van der Waals surface area contributed by atoms with Gasteiger partial charge in [0.25, 0.3) is 0 Å². The van der Waals surface area contributed by atoms with Gasteiger partial charge in [-0.2, -0.15) is 0 Å². The molecular formula is C56H40N2O. The molecule has 0 unspecified atom stereocenters. The van der Waals surface area contributed by atoms with Crippen LogP contribution in [0, 0.1) is 13.8 Å². The predicted molar refractivity (Wildman–Crippen MR) is 249 cm³/mol. The number of rotatable bonds is 7. The monoisotopic (exact) mass is 756 g/mol. The summed E-state index contributed by atoms with van der Waals surface area (Å²) >= 11 is 0.